The first-order valence-electron chi connectivity index (χ1n) is 7.00. The highest BCUT2D eigenvalue weighted by molar-refractivity contribution is 5.83. The first kappa shape index (κ1) is 16.4. The predicted octanol–water partition coefficient (Wildman–Crippen LogP) is 3.97. The maximum atomic E-state index is 11.1. The number of hydrogen-bond acceptors (Lipinski definition) is 4. The summed E-state index contributed by atoms with van der Waals surface area (Å²) in [6.07, 6.45) is 5.03. The van der Waals surface area contributed by atoms with Gasteiger partial charge in [0.2, 0.25) is 0 Å². The minimum atomic E-state index is -0.475. The van der Waals surface area contributed by atoms with E-state index in [2.05, 4.69) is 6.58 Å². The van der Waals surface area contributed by atoms with Crippen LogP contribution in [0.15, 0.2) is 55.1 Å². The molecular weight excluding hydrogens is 292 g/mol. The van der Waals surface area contributed by atoms with E-state index in [1.54, 1.807) is 26.4 Å². The average molecular weight is 310 g/mol. The van der Waals surface area contributed by atoms with Gasteiger partial charge in [0, 0.05) is 12.1 Å². The van der Waals surface area contributed by atoms with Gasteiger partial charge >= 0.3 is 5.97 Å². The van der Waals surface area contributed by atoms with Crippen LogP contribution in [0.5, 0.6) is 17.2 Å². The van der Waals surface area contributed by atoms with E-state index in [4.69, 9.17) is 14.2 Å². The lowest BCUT2D eigenvalue weighted by atomic mass is 10.1. The highest BCUT2D eigenvalue weighted by Crippen LogP contribution is 2.24. The van der Waals surface area contributed by atoms with Gasteiger partial charge in [0.05, 0.1) is 14.2 Å². The molecule has 0 aliphatic heterocycles. The minimum Gasteiger partial charge on any atom is -0.497 e. The fraction of sp³-hybridized carbons (Fsp3) is 0.105. The molecule has 0 spiro atoms. The van der Waals surface area contributed by atoms with Crippen molar-refractivity contribution in [1.29, 1.82) is 0 Å². The van der Waals surface area contributed by atoms with E-state index in [0.717, 1.165) is 28.7 Å². The Balaban J connectivity index is 2.13. The van der Waals surface area contributed by atoms with Crippen molar-refractivity contribution in [2.24, 2.45) is 0 Å². The van der Waals surface area contributed by atoms with Crippen LogP contribution in [-0.2, 0) is 4.79 Å². The molecule has 0 N–H and O–H groups in total. The summed E-state index contributed by atoms with van der Waals surface area (Å²) in [5, 5.41) is 0. The third-order valence-electron chi connectivity index (χ3n) is 3.11. The zero-order chi connectivity index (χ0) is 16.7. The summed E-state index contributed by atoms with van der Waals surface area (Å²) in [6, 6.07) is 12.8. The van der Waals surface area contributed by atoms with Gasteiger partial charge in [-0.2, -0.15) is 0 Å². The van der Waals surface area contributed by atoms with E-state index in [1.807, 2.05) is 42.5 Å². The van der Waals surface area contributed by atoms with Gasteiger partial charge in [0.15, 0.2) is 0 Å². The monoisotopic (exact) mass is 310 g/mol. The number of methoxy groups -OCH3 is 2. The van der Waals surface area contributed by atoms with Gasteiger partial charge in [0.25, 0.3) is 0 Å². The normalized spacial score (nSPS) is 10.3. The Hall–Kier alpha value is -3.01. The van der Waals surface area contributed by atoms with Crippen LogP contribution in [0.1, 0.15) is 11.1 Å². The van der Waals surface area contributed by atoms with Crippen molar-refractivity contribution in [3.8, 4) is 17.2 Å². The Labute approximate surface area is 135 Å². The summed E-state index contributed by atoms with van der Waals surface area (Å²) < 4.78 is 15.5. The summed E-state index contributed by atoms with van der Waals surface area (Å²) in [5.41, 5.74) is 1.94. The zero-order valence-electron chi connectivity index (χ0n) is 13.1. The van der Waals surface area contributed by atoms with Crippen LogP contribution in [0.3, 0.4) is 0 Å². The molecule has 118 valence electrons. The number of rotatable bonds is 6. The van der Waals surface area contributed by atoms with Gasteiger partial charge in [-0.25, -0.2) is 4.79 Å². The molecule has 4 nitrogen and oxygen atoms in total. The minimum absolute atomic E-state index is 0.475. The number of benzene rings is 2. The molecule has 0 aliphatic carbocycles. The quantitative estimate of drug-likeness (QED) is 0.350. The second-order valence-corrected chi connectivity index (χ2v) is 4.67. The highest BCUT2D eigenvalue weighted by Gasteiger charge is 2.00. The summed E-state index contributed by atoms with van der Waals surface area (Å²) in [5.74, 6) is 1.47. The molecule has 0 heterocycles. The molecular formula is C19H18O4. The van der Waals surface area contributed by atoms with Crippen LogP contribution in [0, 0.1) is 0 Å². The van der Waals surface area contributed by atoms with Gasteiger partial charge < -0.3 is 14.2 Å². The van der Waals surface area contributed by atoms with E-state index in [1.165, 1.54) is 0 Å². The van der Waals surface area contributed by atoms with Crippen molar-refractivity contribution in [3.05, 3.63) is 66.2 Å². The second-order valence-electron chi connectivity index (χ2n) is 4.67. The van der Waals surface area contributed by atoms with Crippen LogP contribution < -0.4 is 14.2 Å². The number of ether oxygens (including phenoxy) is 3. The first-order valence-corrected chi connectivity index (χ1v) is 7.00. The summed E-state index contributed by atoms with van der Waals surface area (Å²) in [7, 11) is 3.23. The number of hydrogen-bond donors (Lipinski definition) is 0. The fourth-order valence-electron chi connectivity index (χ4n) is 1.92. The zero-order valence-corrected chi connectivity index (χ0v) is 13.1. The van der Waals surface area contributed by atoms with Crippen LogP contribution in [0.25, 0.3) is 12.2 Å². The number of carbonyl (C=O) groups excluding carboxylic acids is 1. The van der Waals surface area contributed by atoms with E-state index in [9.17, 15) is 4.79 Å². The number of esters is 1. The molecule has 0 saturated heterocycles. The second kappa shape index (κ2) is 7.84. The van der Waals surface area contributed by atoms with Crippen molar-refractivity contribution >= 4 is 18.1 Å². The largest absolute Gasteiger partial charge is 0.497 e. The van der Waals surface area contributed by atoms with Crippen molar-refractivity contribution in [2.75, 3.05) is 14.2 Å². The summed E-state index contributed by atoms with van der Waals surface area (Å²) in [6.45, 7) is 3.36. The van der Waals surface area contributed by atoms with Crippen LogP contribution >= 0.6 is 0 Å². The maximum absolute atomic E-state index is 11.1. The predicted molar refractivity (Wildman–Crippen MR) is 90.7 cm³/mol. The summed E-state index contributed by atoms with van der Waals surface area (Å²) >= 11 is 0. The first-order chi connectivity index (χ1) is 11.1. The van der Waals surface area contributed by atoms with Gasteiger partial charge in [-0.15, -0.1) is 0 Å². The van der Waals surface area contributed by atoms with E-state index < -0.39 is 5.97 Å². The average Bonchev–Trinajstić information content (AvgIpc) is 2.60. The van der Waals surface area contributed by atoms with E-state index in [0.29, 0.717) is 5.75 Å². The molecule has 0 unspecified atom stereocenters. The topological polar surface area (TPSA) is 44.8 Å². The molecule has 0 radical (unpaired) electrons. The van der Waals surface area contributed by atoms with Crippen LogP contribution in [0.4, 0.5) is 0 Å². The fourth-order valence-corrected chi connectivity index (χ4v) is 1.92. The van der Waals surface area contributed by atoms with Crippen molar-refractivity contribution in [1.82, 2.24) is 0 Å². The molecule has 0 amide bonds. The third kappa shape index (κ3) is 4.74. The Morgan fingerprint density at radius 3 is 1.96 bits per heavy atom. The van der Waals surface area contributed by atoms with Crippen molar-refractivity contribution in [3.63, 3.8) is 0 Å². The Kier molecular flexibility index (Phi) is 5.58. The van der Waals surface area contributed by atoms with Gasteiger partial charge in [-0.1, -0.05) is 30.9 Å². The molecule has 2 aromatic rings. The molecule has 0 atom stereocenters. The Morgan fingerprint density at radius 2 is 1.43 bits per heavy atom. The third-order valence-corrected chi connectivity index (χ3v) is 3.11. The Bertz CT molecular complexity index is 692. The van der Waals surface area contributed by atoms with Crippen LogP contribution in [0.2, 0.25) is 0 Å². The SMILES string of the molecule is C=CC(=O)Oc1ccc(/C=C/c2cc(OC)cc(OC)c2)cc1. The Morgan fingerprint density at radius 1 is 0.870 bits per heavy atom. The number of carbonyl (C=O) groups is 1. The van der Waals surface area contributed by atoms with E-state index in [-0.39, 0.29) is 0 Å². The lowest BCUT2D eigenvalue weighted by Crippen LogP contribution is -2.02. The smallest absolute Gasteiger partial charge is 0.335 e. The van der Waals surface area contributed by atoms with Crippen molar-refractivity contribution in [2.45, 2.75) is 0 Å². The highest BCUT2D eigenvalue weighted by atomic mass is 16.5. The molecule has 2 rings (SSSR count). The van der Waals surface area contributed by atoms with Crippen molar-refractivity contribution < 1.29 is 19.0 Å². The molecule has 0 saturated carbocycles. The van der Waals surface area contributed by atoms with E-state index >= 15 is 0 Å². The summed E-state index contributed by atoms with van der Waals surface area (Å²) in [4.78, 5) is 11.1. The maximum Gasteiger partial charge on any atom is 0.335 e. The van der Waals surface area contributed by atoms with Gasteiger partial charge in [0.1, 0.15) is 17.2 Å². The van der Waals surface area contributed by atoms with Crippen LogP contribution in [-0.4, -0.2) is 20.2 Å². The van der Waals surface area contributed by atoms with Gasteiger partial charge in [-0.05, 0) is 35.4 Å². The molecule has 0 fully saturated rings. The van der Waals surface area contributed by atoms with Gasteiger partial charge in [-0.3, -0.25) is 0 Å². The lowest BCUT2D eigenvalue weighted by Gasteiger charge is -2.06. The lowest BCUT2D eigenvalue weighted by molar-refractivity contribution is -0.128. The molecule has 0 aliphatic rings. The molecule has 4 heteroatoms. The standard InChI is InChI=1S/C19H18O4/c1-4-19(20)23-16-9-7-14(8-10-16)5-6-15-11-17(21-2)13-18(12-15)22-3/h4-13H,1H2,2-3H3/b6-5+. The molecule has 0 bridgehead atoms. The molecule has 2 aromatic carbocycles. The molecule has 23 heavy (non-hydrogen) atoms. The molecule has 0 aromatic heterocycles.